The predicted octanol–water partition coefficient (Wildman–Crippen LogP) is 2.43. The highest BCUT2D eigenvalue weighted by Gasteiger charge is 2.19. The molecule has 2 atom stereocenters. The van der Waals surface area contributed by atoms with Gasteiger partial charge in [-0.15, -0.1) is 12.4 Å². The van der Waals surface area contributed by atoms with Crippen LogP contribution in [0.5, 0.6) is 0 Å². The molecule has 0 radical (unpaired) electrons. The Hall–Kier alpha value is -2.37. The molecule has 6 heteroatoms. The minimum absolute atomic E-state index is 0. The Kier molecular flexibility index (Phi) is 8.67. The Balaban J connectivity index is 0.00000312. The Morgan fingerprint density at radius 2 is 1.52 bits per heavy atom. The van der Waals surface area contributed by atoms with Crippen LogP contribution in [0.4, 0.5) is 0 Å². The first-order valence-electron chi connectivity index (χ1n) is 8.00. The van der Waals surface area contributed by atoms with Gasteiger partial charge in [0.15, 0.2) is 0 Å². The van der Waals surface area contributed by atoms with E-state index in [2.05, 4.69) is 10.6 Å². The molecule has 2 aromatic carbocycles. The van der Waals surface area contributed by atoms with Gasteiger partial charge >= 0.3 is 0 Å². The van der Waals surface area contributed by atoms with Gasteiger partial charge in [0.05, 0.1) is 12.5 Å². The summed E-state index contributed by atoms with van der Waals surface area (Å²) in [5.41, 5.74) is 6.98. The van der Waals surface area contributed by atoms with Crippen LogP contribution in [0.25, 0.3) is 0 Å². The minimum atomic E-state index is -0.399. The maximum atomic E-state index is 12.4. The van der Waals surface area contributed by atoms with E-state index >= 15 is 0 Å². The first-order valence-corrected chi connectivity index (χ1v) is 8.00. The summed E-state index contributed by atoms with van der Waals surface area (Å²) in [4.78, 5) is 24.6. The zero-order valence-electron chi connectivity index (χ0n) is 14.1. The number of nitrogens with two attached hydrogens (primary N) is 1. The second-order valence-corrected chi connectivity index (χ2v) is 5.71. The van der Waals surface area contributed by atoms with E-state index in [1.54, 1.807) is 12.1 Å². The maximum Gasteiger partial charge on any atom is 0.251 e. The lowest BCUT2D eigenvalue weighted by Crippen LogP contribution is -2.40. The van der Waals surface area contributed by atoms with Crippen LogP contribution in [-0.2, 0) is 4.79 Å². The second-order valence-electron chi connectivity index (χ2n) is 5.71. The average Bonchev–Trinajstić information content (AvgIpc) is 2.62. The lowest BCUT2D eigenvalue weighted by molar-refractivity contribution is -0.122. The molecule has 0 fully saturated rings. The molecule has 0 saturated heterocycles. The molecule has 0 bridgehead atoms. The summed E-state index contributed by atoms with van der Waals surface area (Å²) in [6.45, 7) is 2.22. The fourth-order valence-electron chi connectivity index (χ4n) is 2.35. The number of hydrogen-bond donors (Lipinski definition) is 3. The summed E-state index contributed by atoms with van der Waals surface area (Å²) in [6, 6.07) is 17.9. The van der Waals surface area contributed by atoms with Crippen molar-refractivity contribution in [3.05, 3.63) is 71.8 Å². The standard InChI is InChI=1S/C19H23N3O2.ClH/c1-14(13-20)21-18(23)12-17(15-8-4-2-5-9-15)22-19(24)16-10-6-3-7-11-16;/h2-11,14,17H,12-13,20H2,1H3,(H,21,23)(H,22,24);1H/t14-,17?;/m0./s1. The van der Waals surface area contributed by atoms with E-state index in [1.807, 2.05) is 55.5 Å². The number of carbonyl (C=O) groups excluding carboxylic acids is 2. The third-order valence-electron chi connectivity index (χ3n) is 3.69. The molecule has 0 aliphatic heterocycles. The second kappa shape index (κ2) is 10.5. The Labute approximate surface area is 154 Å². The van der Waals surface area contributed by atoms with Crippen LogP contribution in [0.1, 0.15) is 35.3 Å². The molecule has 0 aliphatic rings. The lowest BCUT2D eigenvalue weighted by Gasteiger charge is -2.20. The number of benzene rings is 2. The SMILES string of the molecule is C[C@@H](CN)NC(=O)CC(NC(=O)c1ccccc1)c1ccccc1.Cl. The van der Waals surface area contributed by atoms with Crippen LogP contribution in [0.3, 0.4) is 0 Å². The highest BCUT2D eigenvalue weighted by atomic mass is 35.5. The quantitative estimate of drug-likeness (QED) is 0.708. The first-order chi connectivity index (χ1) is 11.6. The molecule has 2 rings (SSSR count). The molecule has 0 spiro atoms. The van der Waals surface area contributed by atoms with Crippen LogP contribution < -0.4 is 16.4 Å². The summed E-state index contributed by atoms with van der Waals surface area (Å²) in [5, 5.41) is 5.77. The molecular formula is C19H24ClN3O2. The zero-order valence-corrected chi connectivity index (χ0v) is 15.0. The molecule has 0 heterocycles. The fraction of sp³-hybridized carbons (Fsp3) is 0.263. The molecule has 5 nitrogen and oxygen atoms in total. The van der Waals surface area contributed by atoms with Crippen molar-refractivity contribution in [2.45, 2.75) is 25.4 Å². The Bertz CT molecular complexity index is 665. The first kappa shape index (κ1) is 20.7. The van der Waals surface area contributed by atoms with Crippen molar-refractivity contribution in [3.8, 4) is 0 Å². The molecule has 1 unspecified atom stereocenters. The van der Waals surface area contributed by atoms with E-state index in [0.717, 1.165) is 5.56 Å². The van der Waals surface area contributed by atoms with Crippen LogP contribution >= 0.6 is 12.4 Å². The number of rotatable bonds is 7. The van der Waals surface area contributed by atoms with E-state index in [-0.39, 0.29) is 36.7 Å². The van der Waals surface area contributed by atoms with Gasteiger partial charge in [-0.25, -0.2) is 0 Å². The van der Waals surface area contributed by atoms with Crippen molar-refractivity contribution < 1.29 is 9.59 Å². The highest BCUT2D eigenvalue weighted by molar-refractivity contribution is 5.94. The van der Waals surface area contributed by atoms with Gasteiger partial charge in [0.2, 0.25) is 5.91 Å². The van der Waals surface area contributed by atoms with Gasteiger partial charge in [-0.3, -0.25) is 9.59 Å². The van der Waals surface area contributed by atoms with Crippen molar-refractivity contribution >= 4 is 24.2 Å². The highest BCUT2D eigenvalue weighted by Crippen LogP contribution is 2.17. The van der Waals surface area contributed by atoms with Gasteiger partial charge < -0.3 is 16.4 Å². The lowest BCUT2D eigenvalue weighted by atomic mass is 10.0. The third kappa shape index (κ3) is 6.57. The van der Waals surface area contributed by atoms with Crippen LogP contribution in [-0.4, -0.2) is 24.4 Å². The Morgan fingerprint density at radius 3 is 2.08 bits per heavy atom. The normalized spacial score (nSPS) is 12.4. The van der Waals surface area contributed by atoms with Gasteiger partial charge in [-0.2, -0.15) is 0 Å². The third-order valence-corrected chi connectivity index (χ3v) is 3.69. The fourth-order valence-corrected chi connectivity index (χ4v) is 2.35. The van der Waals surface area contributed by atoms with E-state index < -0.39 is 6.04 Å². The predicted molar refractivity (Wildman–Crippen MR) is 102 cm³/mol. The number of halogens is 1. The number of carbonyl (C=O) groups is 2. The van der Waals surface area contributed by atoms with Gasteiger partial charge in [0.1, 0.15) is 0 Å². The summed E-state index contributed by atoms with van der Waals surface area (Å²) < 4.78 is 0. The van der Waals surface area contributed by atoms with Crippen molar-refractivity contribution in [3.63, 3.8) is 0 Å². The smallest absolute Gasteiger partial charge is 0.251 e. The summed E-state index contributed by atoms with van der Waals surface area (Å²) in [6.07, 6.45) is 0.160. The molecule has 0 aliphatic carbocycles. The minimum Gasteiger partial charge on any atom is -0.352 e. The average molecular weight is 362 g/mol. The molecule has 4 N–H and O–H groups in total. The summed E-state index contributed by atoms with van der Waals surface area (Å²) in [7, 11) is 0. The van der Waals surface area contributed by atoms with Crippen molar-refractivity contribution in [1.82, 2.24) is 10.6 Å². The van der Waals surface area contributed by atoms with E-state index in [1.165, 1.54) is 0 Å². The molecule has 25 heavy (non-hydrogen) atoms. The summed E-state index contributed by atoms with van der Waals surface area (Å²) in [5.74, 6) is -0.348. The van der Waals surface area contributed by atoms with Gasteiger partial charge in [-0.05, 0) is 24.6 Å². The number of nitrogens with one attached hydrogen (secondary N) is 2. The number of amides is 2. The molecule has 2 amide bonds. The molecule has 0 saturated carbocycles. The largest absolute Gasteiger partial charge is 0.352 e. The van der Waals surface area contributed by atoms with Crippen LogP contribution in [0.15, 0.2) is 60.7 Å². The zero-order chi connectivity index (χ0) is 17.4. The van der Waals surface area contributed by atoms with Crippen LogP contribution in [0.2, 0.25) is 0 Å². The van der Waals surface area contributed by atoms with E-state index in [9.17, 15) is 9.59 Å². The monoisotopic (exact) mass is 361 g/mol. The summed E-state index contributed by atoms with van der Waals surface area (Å²) >= 11 is 0. The molecule has 2 aromatic rings. The van der Waals surface area contributed by atoms with E-state index in [4.69, 9.17) is 5.73 Å². The Morgan fingerprint density at radius 1 is 0.960 bits per heavy atom. The van der Waals surface area contributed by atoms with Crippen LogP contribution in [0, 0.1) is 0 Å². The van der Waals surface area contributed by atoms with Gasteiger partial charge in [0, 0.05) is 18.2 Å². The molecule has 134 valence electrons. The topological polar surface area (TPSA) is 84.2 Å². The van der Waals surface area contributed by atoms with Crippen molar-refractivity contribution in [2.75, 3.05) is 6.54 Å². The maximum absolute atomic E-state index is 12.4. The van der Waals surface area contributed by atoms with E-state index in [0.29, 0.717) is 12.1 Å². The van der Waals surface area contributed by atoms with Gasteiger partial charge in [-0.1, -0.05) is 48.5 Å². The van der Waals surface area contributed by atoms with Crippen molar-refractivity contribution in [2.24, 2.45) is 5.73 Å². The van der Waals surface area contributed by atoms with Gasteiger partial charge in [0.25, 0.3) is 5.91 Å². The molecule has 0 aromatic heterocycles. The van der Waals surface area contributed by atoms with Crippen molar-refractivity contribution in [1.29, 1.82) is 0 Å². The number of hydrogen-bond acceptors (Lipinski definition) is 3. The molecular weight excluding hydrogens is 338 g/mol.